The second kappa shape index (κ2) is 5.97. The summed E-state index contributed by atoms with van der Waals surface area (Å²) in [7, 11) is 0. The predicted octanol–water partition coefficient (Wildman–Crippen LogP) is 2.51. The maximum Gasteiger partial charge on any atom is 0.248 e. The first kappa shape index (κ1) is 10.5. The number of benzene rings is 1. The van der Waals surface area contributed by atoms with E-state index in [2.05, 4.69) is 12.2 Å². The number of rotatable bonds is 1. The van der Waals surface area contributed by atoms with E-state index in [9.17, 15) is 4.79 Å². The summed E-state index contributed by atoms with van der Waals surface area (Å²) < 4.78 is 0. The number of carbonyl (C=O) groups is 1. The van der Waals surface area contributed by atoms with E-state index in [4.69, 9.17) is 5.73 Å². The van der Waals surface area contributed by atoms with E-state index in [1.807, 2.05) is 6.07 Å². The Labute approximate surface area is 84.4 Å². The van der Waals surface area contributed by atoms with Crippen LogP contribution in [0.15, 0.2) is 42.5 Å². The highest BCUT2D eigenvalue weighted by Crippen LogP contribution is 2.05. The molecule has 0 radical (unpaired) electrons. The van der Waals surface area contributed by atoms with E-state index in [0.29, 0.717) is 5.56 Å². The Bertz CT molecular complexity index is 297. The molecular formula is C12H15NO. The topological polar surface area (TPSA) is 43.1 Å². The smallest absolute Gasteiger partial charge is 0.248 e. The number of primary amides is 1. The molecule has 2 heteroatoms. The molecule has 0 bridgehead atoms. The summed E-state index contributed by atoms with van der Waals surface area (Å²) in [5.74, 6) is -0.379. The summed E-state index contributed by atoms with van der Waals surface area (Å²) in [5.41, 5.74) is 5.53. The molecule has 0 aromatic heterocycles. The lowest BCUT2D eigenvalue weighted by atomic mass is 10.2. The normalized spacial score (nSPS) is 13.1. The van der Waals surface area contributed by atoms with Crippen molar-refractivity contribution in [3.63, 3.8) is 0 Å². The van der Waals surface area contributed by atoms with Crippen LogP contribution in [0.3, 0.4) is 0 Å². The lowest BCUT2D eigenvalue weighted by Crippen LogP contribution is -2.09. The van der Waals surface area contributed by atoms with Crippen LogP contribution in [0.2, 0.25) is 0 Å². The lowest BCUT2D eigenvalue weighted by Gasteiger charge is -1.89. The molecular weight excluding hydrogens is 174 g/mol. The van der Waals surface area contributed by atoms with Gasteiger partial charge in [0.05, 0.1) is 0 Å². The van der Waals surface area contributed by atoms with Gasteiger partial charge in [0, 0.05) is 5.56 Å². The van der Waals surface area contributed by atoms with Crippen LogP contribution in [0.5, 0.6) is 0 Å². The SMILES string of the molecule is C1=CCCC1.NC(=O)c1ccccc1. The van der Waals surface area contributed by atoms with Gasteiger partial charge in [-0.05, 0) is 31.4 Å². The second-order valence-electron chi connectivity index (χ2n) is 3.13. The van der Waals surface area contributed by atoms with Gasteiger partial charge in [-0.2, -0.15) is 0 Å². The third-order valence-electron chi connectivity index (χ3n) is 1.97. The number of nitrogens with two attached hydrogens (primary N) is 1. The van der Waals surface area contributed by atoms with E-state index in [1.54, 1.807) is 24.3 Å². The summed E-state index contributed by atoms with van der Waals surface area (Å²) >= 11 is 0. The molecule has 0 heterocycles. The molecule has 2 rings (SSSR count). The van der Waals surface area contributed by atoms with Crippen molar-refractivity contribution in [2.75, 3.05) is 0 Å². The fourth-order valence-corrected chi connectivity index (χ4v) is 1.19. The van der Waals surface area contributed by atoms with Gasteiger partial charge < -0.3 is 5.73 Å². The van der Waals surface area contributed by atoms with Gasteiger partial charge in [0.25, 0.3) is 0 Å². The van der Waals surface area contributed by atoms with Crippen LogP contribution >= 0.6 is 0 Å². The van der Waals surface area contributed by atoms with Crippen molar-refractivity contribution < 1.29 is 4.79 Å². The van der Waals surface area contributed by atoms with Gasteiger partial charge in [-0.1, -0.05) is 30.4 Å². The van der Waals surface area contributed by atoms with Gasteiger partial charge >= 0.3 is 0 Å². The third kappa shape index (κ3) is 3.90. The Morgan fingerprint density at radius 3 is 1.93 bits per heavy atom. The average Bonchev–Trinajstić information content (AvgIpc) is 2.77. The van der Waals surface area contributed by atoms with Crippen LogP contribution < -0.4 is 5.73 Å². The molecule has 1 aliphatic rings. The van der Waals surface area contributed by atoms with Crippen molar-refractivity contribution in [3.8, 4) is 0 Å². The molecule has 0 fully saturated rings. The van der Waals surface area contributed by atoms with Crippen molar-refractivity contribution >= 4 is 5.91 Å². The average molecular weight is 189 g/mol. The van der Waals surface area contributed by atoms with Gasteiger partial charge in [0.15, 0.2) is 0 Å². The Balaban J connectivity index is 0.000000165. The van der Waals surface area contributed by atoms with Gasteiger partial charge in [0.2, 0.25) is 5.91 Å². The van der Waals surface area contributed by atoms with Crippen LogP contribution in [0.1, 0.15) is 29.6 Å². The molecule has 1 amide bonds. The second-order valence-corrected chi connectivity index (χ2v) is 3.13. The van der Waals surface area contributed by atoms with Crippen molar-refractivity contribution in [2.45, 2.75) is 19.3 Å². The zero-order valence-corrected chi connectivity index (χ0v) is 8.15. The number of carbonyl (C=O) groups excluding carboxylic acids is 1. The molecule has 0 spiro atoms. The zero-order chi connectivity index (χ0) is 10.2. The molecule has 1 aromatic rings. The molecule has 74 valence electrons. The summed E-state index contributed by atoms with van der Waals surface area (Å²) in [5, 5.41) is 0. The number of hydrogen-bond donors (Lipinski definition) is 1. The van der Waals surface area contributed by atoms with E-state index in [1.165, 1.54) is 19.3 Å². The largest absolute Gasteiger partial charge is 0.366 e. The van der Waals surface area contributed by atoms with E-state index in [0.717, 1.165) is 0 Å². The zero-order valence-electron chi connectivity index (χ0n) is 8.15. The maximum absolute atomic E-state index is 10.4. The minimum absolute atomic E-state index is 0.379. The van der Waals surface area contributed by atoms with Gasteiger partial charge in [0.1, 0.15) is 0 Å². The molecule has 1 aromatic carbocycles. The Morgan fingerprint density at radius 2 is 1.64 bits per heavy atom. The van der Waals surface area contributed by atoms with E-state index in [-0.39, 0.29) is 5.91 Å². The minimum Gasteiger partial charge on any atom is -0.366 e. The third-order valence-corrected chi connectivity index (χ3v) is 1.97. The van der Waals surface area contributed by atoms with E-state index < -0.39 is 0 Å². The Morgan fingerprint density at radius 1 is 1.07 bits per heavy atom. The molecule has 1 aliphatic carbocycles. The fourth-order valence-electron chi connectivity index (χ4n) is 1.19. The standard InChI is InChI=1S/C7H7NO.C5H8/c8-7(9)6-4-2-1-3-5-6;1-2-4-5-3-1/h1-5H,(H2,8,9);1-2H,3-5H2. The first-order valence-corrected chi connectivity index (χ1v) is 4.80. The number of hydrogen-bond acceptors (Lipinski definition) is 1. The molecule has 0 saturated carbocycles. The maximum atomic E-state index is 10.4. The molecule has 14 heavy (non-hydrogen) atoms. The van der Waals surface area contributed by atoms with Crippen LogP contribution in [0, 0.1) is 0 Å². The highest BCUT2D eigenvalue weighted by atomic mass is 16.1. The van der Waals surface area contributed by atoms with Crippen LogP contribution in [0.4, 0.5) is 0 Å². The minimum atomic E-state index is -0.379. The molecule has 0 aliphatic heterocycles. The van der Waals surface area contributed by atoms with Crippen LogP contribution in [-0.2, 0) is 0 Å². The summed E-state index contributed by atoms with van der Waals surface area (Å²) in [6.07, 6.45) is 8.50. The van der Waals surface area contributed by atoms with Crippen molar-refractivity contribution in [3.05, 3.63) is 48.0 Å². The first-order chi connectivity index (χ1) is 6.80. The van der Waals surface area contributed by atoms with Crippen molar-refractivity contribution in [2.24, 2.45) is 5.73 Å². The van der Waals surface area contributed by atoms with Crippen molar-refractivity contribution in [1.29, 1.82) is 0 Å². The molecule has 2 nitrogen and oxygen atoms in total. The van der Waals surface area contributed by atoms with Gasteiger partial charge in [-0.3, -0.25) is 4.79 Å². The molecule has 0 atom stereocenters. The lowest BCUT2D eigenvalue weighted by molar-refractivity contribution is 0.100. The van der Waals surface area contributed by atoms with Crippen LogP contribution in [-0.4, -0.2) is 5.91 Å². The predicted molar refractivity (Wildman–Crippen MR) is 58.0 cm³/mol. The Hall–Kier alpha value is -1.57. The van der Waals surface area contributed by atoms with Crippen LogP contribution in [0.25, 0.3) is 0 Å². The first-order valence-electron chi connectivity index (χ1n) is 4.80. The fraction of sp³-hybridized carbons (Fsp3) is 0.250. The summed E-state index contributed by atoms with van der Waals surface area (Å²) in [6.45, 7) is 0. The number of allylic oxidation sites excluding steroid dienone is 2. The van der Waals surface area contributed by atoms with Gasteiger partial charge in [-0.25, -0.2) is 0 Å². The summed E-state index contributed by atoms with van der Waals surface area (Å²) in [4.78, 5) is 10.4. The highest BCUT2D eigenvalue weighted by Gasteiger charge is 1.93. The Kier molecular flexibility index (Phi) is 4.48. The highest BCUT2D eigenvalue weighted by molar-refractivity contribution is 5.92. The number of amides is 1. The molecule has 2 N–H and O–H groups in total. The quantitative estimate of drug-likeness (QED) is 0.678. The monoisotopic (exact) mass is 189 g/mol. The van der Waals surface area contributed by atoms with Crippen molar-refractivity contribution in [1.82, 2.24) is 0 Å². The molecule has 0 unspecified atom stereocenters. The summed E-state index contributed by atoms with van der Waals surface area (Å²) in [6, 6.07) is 8.76. The molecule has 0 saturated heterocycles. The van der Waals surface area contributed by atoms with E-state index >= 15 is 0 Å². The van der Waals surface area contributed by atoms with Gasteiger partial charge in [-0.15, -0.1) is 0 Å².